The van der Waals surface area contributed by atoms with E-state index in [1.807, 2.05) is 31.2 Å². The Morgan fingerprint density at radius 3 is 2.31 bits per heavy atom. The molecule has 0 unspecified atom stereocenters. The molecule has 0 radical (unpaired) electrons. The molecule has 0 heterocycles. The average Bonchev–Trinajstić information content (AvgIpc) is 2.77. The van der Waals surface area contributed by atoms with Gasteiger partial charge in [-0.2, -0.15) is 0 Å². The van der Waals surface area contributed by atoms with E-state index in [1.54, 1.807) is 12.1 Å². The Kier molecular flexibility index (Phi) is 7.61. The molecule has 2 N–H and O–H groups in total. The molecule has 1 amide bonds. The molecule has 0 atom stereocenters. The molecule has 0 aromatic heterocycles. The molecule has 7 nitrogen and oxygen atoms in total. The summed E-state index contributed by atoms with van der Waals surface area (Å²) in [4.78, 5) is 12.0. The van der Waals surface area contributed by atoms with Gasteiger partial charge in [0.15, 0.2) is 6.61 Å². The highest BCUT2D eigenvalue weighted by Crippen LogP contribution is 2.28. The Bertz CT molecular complexity index is 1180. The number of anilines is 1. The average molecular weight is 475 g/mol. The molecule has 0 saturated heterocycles. The predicted molar refractivity (Wildman–Crippen MR) is 124 cm³/mol. The summed E-state index contributed by atoms with van der Waals surface area (Å²) in [7, 11) is -2.35. The first-order chi connectivity index (χ1) is 15.3. The first-order valence-electron chi connectivity index (χ1n) is 9.68. The van der Waals surface area contributed by atoms with Crippen molar-refractivity contribution in [1.82, 2.24) is 5.32 Å². The quantitative estimate of drug-likeness (QED) is 0.486. The van der Waals surface area contributed by atoms with Crippen LogP contribution in [0.3, 0.4) is 0 Å². The Hall–Kier alpha value is -3.23. The Morgan fingerprint density at radius 1 is 1.00 bits per heavy atom. The number of carbonyl (C=O) groups is 1. The molecule has 32 heavy (non-hydrogen) atoms. The molecular weight excluding hydrogens is 452 g/mol. The summed E-state index contributed by atoms with van der Waals surface area (Å²) >= 11 is 6.04. The monoisotopic (exact) mass is 474 g/mol. The summed E-state index contributed by atoms with van der Waals surface area (Å²) in [6.45, 7) is 2.22. The van der Waals surface area contributed by atoms with Crippen molar-refractivity contribution >= 4 is 33.2 Å². The van der Waals surface area contributed by atoms with Gasteiger partial charge in [-0.3, -0.25) is 9.52 Å². The van der Waals surface area contributed by atoms with E-state index in [2.05, 4.69) is 10.0 Å². The van der Waals surface area contributed by atoms with Crippen LogP contribution in [0.2, 0.25) is 5.02 Å². The number of benzene rings is 3. The normalized spacial score (nSPS) is 11.0. The molecule has 0 fully saturated rings. The smallest absolute Gasteiger partial charge is 0.261 e. The van der Waals surface area contributed by atoms with E-state index in [4.69, 9.17) is 21.1 Å². The number of hydrogen-bond donors (Lipinski definition) is 2. The molecule has 0 aliphatic rings. The van der Waals surface area contributed by atoms with E-state index in [0.717, 1.165) is 11.1 Å². The third-order valence-electron chi connectivity index (χ3n) is 4.52. The summed E-state index contributed by atoms with van der Waals surface area (Å²) < 4.78 is 38.2. The number of ether oxygens (including phenoxy) is 2. The number of carbonyl (C=O) groups excluding carboxylic acids is 1. The zero-order chi connectivity index (χ0) is 23.1. The molecule has 3 aromatic rings. The topological polar surface area (TPSA) is 93.7 Å². The van der Waals surface area contributed by atoms with Crippen LogP contribution in [0.5, 0.6) is 11.5 Å². The van der Waals surface area contributed by atoms with Gasteiger partial charge in [0.2, 0.25) is 0 Å². The molecular formula is C23H23ClN2O5S. The van der Waals surface area contributed by atoms with E-state index < -0.39 is 10.0 Å². The molecule has 3 rings (SSSR count). The van der Waals surface area contributed by atoms with E-state index in [0.29, 0.717) is 23.7 Å². The highest BCUT2D eigenvalue weighted by atomic mass is 35.5. The van der Waals surface area contributed by atoms with Crippen LogP contribution in [0.25, 0.3) is 0 Å². The van der Waals surface area contributed by atoms with Crippen LogP contribution in [0.4, 0.5) is 5.69 Å². The van der Waals surface area contributed by atoms with Gasteiger partial charge in [0, 0.05) is 6.54 Å². The number of halogens is 1. The number of sulfonamides is 1. The van der Waals surface area contributed by atoms with Crippen molar-refractivity contribution < 1.29 is 22.7 Å². The third-order valence-corrected chi connectivity index (χ3v) is 6.21. The van der Waals surface area contributed by atoms with Crippen molar-refractivity contribution in [2.24, 2.45) is 0 Å². The number of aryl methyl sites for hydroxylation is 1. The first kappa shape index (κ1) is 23.4. The van der Waals surface area contributed by atoms with Crippen molar-refractivity contribution in [1.29, 1.82) is 0 Å². The minimum atomic E-state index is -3.82. The van der Waals surface area contributed by atoms with Gasteiger partial charge in [0.1, 0.15) is 11.5 Å². The number of rotatable bonds is 9. The largest absolute Gasteiger partial charge is 0.495 e. The number of methoxy groups -OCH3 is 1. The molecule has 0 aliphatic heterocycles. The van der Waals surface area contributed by atoms with Crippen LogP contribution >= 0.6 is 11.6 Å². The Balaban J connectivity index is 1.53. The molecule has 3 aromatic carbocycles. The number of nitrogens with one attached hydrogen (secondary N) is 2. The SMILES string of the molecule is COc1ccc(NS(=O)(=O)c2ccc(OCC(=O)NCc3ccc(C)cc3)cc2)cc1Cl. The summed E-state index contributed by atoms with van der Waals surface area (Å²) in [6.07, 6.45) is 0. The minimum absolute atomic E-state index is 0.0422. The van der Waals surface area contributed by atoms with Crippen molar-refractivity contribution in [3.05, 3.63) is 82.9 Å². The molecule has 9 heteroatoms. The fourth-order valence-corrected chi connectivity index (χ4v) is 4.07. The Morgan fingerprint density at radius 2 is 1.69 bits per heavy atom. The van der Waals surface area contributed by atoms with Crippen molar-refractivity contribution in [2.45, 2.75) is 18.4 Å². The van der Waals surface area contributed by atoms with E-state index >= 15 is 0 Å². The first-order valence-corrected chi connectivity index (χ1v) is 11.5. The van der Waals surface area contributed by atoms with Crippen LogP contribution in [0.15, 0.2) is 71.6 Å². The van der Waals surface area contributed by atoms with Crippen LogP contribution in [-0.2, 0) is 21.4 Å². The Labute approximate surface area is 192 Å². The predicted octanol–water partition coefficient (Wildman–Crippen LogP) is 4.15. The highest BCUT2D eigenvalue weighted by Gasteiger charge is 2.15. The summed E-state index contributed by atoms with van der Waals surface area (Å²) in [6, 6.07) is 18.2. The van der Waals surface area contributed by atoms with Gasteiger partial charge in [0.05, 0.1) is 22.7 Å². The maximum Gasteiger partial charge on any atom is 0.261 e. The van der Waals surface area contributed by atoms with Crippen molar-refractivity contribution in [3.63, 3.8) is 0 Å². The maximum absolute atomic E-state index is 12.6. The van der Waals surface area contributed by atoms with Crippen LogP contribution in [0, 0.1) is 6.92 Å². The minimum Gasteiger partial charge on any atom is -0.495 e. The van der Waals surface area contributed by atoms with Gasteiger partial charge in [-0.15, -0.1) is 0 Å². The lowest BCUT2D eigenvalue weighted by molar-refractivity contribution is -0.123. The lowest BCUT2D eigenvalue weighted by Crippen LogP contribution is -2.28. The fourth-order valence-electron chi connectivity index (χ4n) is 2.77. The fraction of sp³-hybridized carbons (Fsp3) is 0.174. The van der Waals surface area contributed by atoms with E-state index in [1.165, 1.54) is 37.4 Å². The number of amides is 1. The lowest BCUT2D eigenvalue weighted by atomic mass is 10.1. The third kappa shape index (κ3) is 6.38. The molecule has 168 valence electrons. The maximum atomic E-state index is 12.6. The van der Waals surface area contributed by atoms with E-state index in [9.17, 15) is 13.2 Å². The highest BCUT2D eigenvalue weighted by molar-refractivity contribution is 7.92. The second-order valence-corrected chi connectivity index (χ2v) is 9.07. The second-order valence-electron chi connectivity index (χ2n) is 6.98. The summed E-state index contributed by atoms with van der Waals surface area (Å²) in [5.41, 5.74) is 2.45. The van der Waals surface area contributed by atoms with Gasteiger partial charge < -0.3 is 14.8 Å². The van der Waals surface area contributed by atoms with Crippen LogP contribution in [0.1, 0.15) is 11.1 Å². The lowest BCUT2D eigenvalue weighted by Gasteiger charge is -2.11. The van der Waals surface area contributed by atoms with Crippen LogP contribution in [-0.4, -0.2) is 28.0 Å². The number of hydrogen-bond acceptors (Lipinski definition) is 5. The zero-order valence-electron chi connectivity index (χ0n) is 17.6. The van der Waals surface area contributed by atoms with Gasteiger partial charge in [0.25, 0.3) is 15.9 Å². The standard InChI is InChI=1S/C23H23ClN2O5S/c1-16-3-5-17(6-4-16)14-25-23(27)15-31-19-8-10-20(11-9-19)32(28,29)26-18-7-12-22(30-2)21(24)13-18/h3-13,26H,14-15H2,1-2H3,(H,25,27). The summed E-state index contributed by atoms with van der Waals surface area (Å²) in [5, 5.41) is 3.06. The van der Waals surface area contributed by atoms with Crippen molar-refractivity contribution in [2.75, 3.05) is 18.4 Å². The molecule has 0 spiro atoms. The van der Waals surface area contributed by atoms with Crippen LogP contribution < -0.4 is 19.5 Å². The van der Waals surface area contributed by atoms with Gasteiger partial charge >= 0.3 is 0 Å². The zero-order valence-corrected chi connectivity index (χ0v) is 19.2. The summed E-state index contributed by atoms with van der Waals surface area (Å²) in [5.74, 6) is 0.543. The van der Waals surface area contributed by atoms with Gasteiger partial charge in [-0.1, -0.05) is 41.4 Å². The van der Waals surface area contributed by atoms with Gasteiger partial charge in [-0.25, -0.2) is 8.42 Å². The second kappa shape index (κ2) is 10.4. The molecule has 0 aliphatic carbocycles. The van der Waals surface area contributed by atoms with E-state index in [-0.39, 0.29) is 22.4 Å². The molecule has 0 bridgehead atoms. The molecule has 0 saturated carbocycles. The van der Waals surface area contributed by atoms with Crippen molar-refractivity contribution in [3.8, 4) is 11.5 Å². The van der Waals surface area contributed by atoms with Gasteiger partial charge in [-0.05, 0) is 55.0 Å².